The van der Waals surface area contributed by atoms with E-state index in [0.717, 1.165) is 12.1 Å². The summed E-state index contributed by atoms with van der Waals surface area (Å²) in [7, 11) is 1.30. The van der Waals surface area contributed by atoms with E-state index in [4.69, 9.17) is 27.9 Å². The first-order valence-electron chi connectivity index (χ1n) is 3.59. The van der Waals surface area contributed by atoms with E-state index in [2.05, 4.69) is 0 Å². The third kappa shape index (κ3) is 4.11. The molecule has 1 rings (SSSR count). The second-order valence-corrected chi connectivity index (χ2v) is 3.40. The Morgan fingerprint density at radius 2 is 1.67 bits per heavy atom. The molecule has 0 amide bonds. The van der Waals surface area contributed by atoms with Crippen molar-refractivity contribution in [2.75, 3.05) is 7.11 Å². The Balaban J connectivity index is 0.00000196. The first-order chi connectivity index (χ1) is 6.36. The van der Waals surface area contributed by atoms with Crippen LogP contribution in [0.25, 0.3) is 0 Å². The van der Waals surface area contributed by atoms with E-state index >= 15 is 0 Å². The Morgan fingerprint density at radius 1 is 1.13 bits per heavy atom. The average Bonchev–Trinajstić information content (AvgIpc) is 2.06. The van der Waals surface area contributed by atoms with Crippen molar-refractivity contribution in [2.24, 2.45) is 0 Å². The maximum absolute atomic E-state index is 12.3. The van der Waals surface area contributed by atoms with Crippen LogP contribution in [0.1, 0.15) is 0 Å². The van der Waals surface area contributed by atoms with Gasteiger partial charge in [-0.2, -0.15) is 0 Å². The maximum atomic E-state index is 12.3. The van der Waals surface area contributed by atoms with Crippen molar-refractivity contribution in [2.45, 2.75) is 0 Å². The number of rotatable bonds is 2. The van der Waals surface area contributed by atoms with Crippen LogP contribution in [0.15, 0.2) is 12.1 Å². The number of hydrogen-bond acceptors (Lipinski definition) is 1. The van der Waals surface area contributed by atoms with Crippen molar-refractivity contribution in [3.8, 4) is 5.75 Å². The van der Waals surface area contributed by atoms with E-state index < -0.39 is 17.5 Å². The molecule has 0 unspecified atom stereocenters. The zero-order chi connectivity index (χ0) is 10.9. The van der Waals surface area contributed by atoms with Crippen LogP contribution in [0.5, 0.6) is 5.75 Å². The maximum Gasteiger partial charge on any atom is 1.00 e. The average molecular weight is 283 g/mol. The van der Waals surface area contributed by atoms with Crippen LogP contribution >= 0.6 is 23.2 Å². The topological polar surface area (TPSA) is 9.23 Å². The van der Waals surface area contributed by atoms with Crippen LogP contribution < -0.4 is 61.6 Å². The van der Waals surface area contributed by atoms with Gasteiger partial charge >= 0.3 is 58.4 Å². The second-order valence-electron chi connectivity index (χ2n) is 2.58. The molecular weight excluding hydrogens is 278 g/mol. The first-order valence-corrected chi connectivity index (χ1v) is 4.34. The smallest absolute Gasteiger partial charge is 0.495 e. The predicted molar refractivity (Wildman–Crippen MR) is 51.7 cm³/mol. The largest absolute Gasteiger partial charge is 1.00 e. The monoisotopic (exact) mass is 282 g/mol. The van der Waals surface area contributed by atoms with E-state index in [1.54, 1.807) is 0 Å². The minimum Gasteiger partial charge on any atom is -0.495 e. The summed E-state index contributed by atoms with van der Waals surface area (Å²) in [6.07, 6.45) is 0. The minimum atomic E-state index is -5.14. The fraction of sp³-hybridized carbons (Fsp3) is 0.143. The summed E-state index contributed by atoms with van der Waals surface area (Å²) in [5.41, 5.74) is -0.905. The summed E-state index contributed by atoms with van der Waals surface area (Å²) in [5, 5.41) is -0.509. The molecular formula is C7H5BCl2F3KO. The van der Waals surface area contributed by atoms with Crippen molar-refractivity contribution in [3.05, 3.63) is 22.2 Å². The van der Waals surface area contributed by atoms with Gasteiger partial charge in [0.15, 0.2) is 0 Å². The van der Waals surface area contributed by atoms with Crippen molar-refractivity contribution in [3.63, 3.8) is 0 Å². The Morgan fingerprint density at radius 3 is 2.07 bits per heavy atom. The van der Waals surface area contributed by atoms with E-state index in [9.17, 15) is 12.9 Å². The number of benzene rings is 1. The molecule has 0 aromatic heterocycles. The molecule has 0 saturated heterocycles. The molecule has 15 heavy (non-hydrogen) atoms. The quantitative estimate of drug-likeness (QED) is 0.697. The van der Waals surface area contributed by atoms with Crippen LogP contribution in [0.4, 0.5) is 12.9 Å². The number of methoxy groups -OCH3 is 1. The van der Waals surface area contributed by atoms with Gasteiger partial charge in [0.05, 0.1) is 12.1 Å². The molecule has 0 saturated carbocycles. The van der Waals surface area contributed by atoms with Crippen LogP contribution in [0, 0.1) is 0 Å². The Labute approximate surface area is 138 Å². The van der Waals surface area contributed by atoms with Gasteiger partial charge in [-0.05, 0) is 6.07 Å². The molecule has 0 aliphatic carbocycles. The standard InChI is InChI=1S/C7H5BCl2F3O.K/c1-14-7-3-5(9)4(2-6(7)10)8(11,12)13;/h2-3H,1H3;/q-1;+1. The van der Waals surface area contributed by atoms with Crippen LogP contribution in [0.2, 0.25) is 10.0 Å². The first kappa shape index (κ1) is 16.1. The molecule has 0 fully saturated rings. The van der Waals surface area contributed by atoms with Gasteiger partial charge in [0.1, 0.15) is 5.75 Å². The molecule has 0 atom stereocenters. The molecule has 0 spiro atoms. The zero-order valence-electron chi connectivity index (χ0n) is 8.03. The predicted octanol–water partition coefficient (Wildman–Crippen LogP) is 0.0604. The molecule has 1 nitrogen and oxygen atoms in total. The fourth-order valence-electron chi connectivity index (χ4n) is 0.951. The number of halogens is 5. The van der Waals surface area contributed by atoms with Crippen molar-refractivity contribution in [1.29, 1.82) is 0 Å². The van der Waals surface area contributed by atoms with Crippen LogP contribution in [-0.4, -0.2) is 14.1 Å². The van der Waals surface area contributed by atoms with Gasteiger partial charge in [0.2, 0.25) is 0 Å². The third-order valence-corrected chi connectivity index (χ3v) is 2.25. The zero-order valence-corrected chi connectivity index (χ0v) is 12.7. The molecule has 1 aromatic carbocycles. The summed E-state index contributed by atoms with van der Waals surface area (Å²) in [6, 6.07) is 1.82. The number of ether oxygens (including phenoxy) is 1. The molecule has 8 heteroatoms. The summed E-state index contributed by atoms with van der Waals surface area (Å²) in [6.45, 7) is -5.14. The van der Waals surface area contributed by atoms with E-state index in [-0.39, 0.29) is 62.2 Å². The molecule has 0 heterocycles. The summed E-state index contributed by atoms with van der Waals surface area (Å²) in [4.78, 5) is 0. The van der Waals surface area contributed by atoms with Gasteiger partial charge in [0, 0.05) is 5.02 Å². The van der Waals surface area contributed by atoms with E-state index in [1.165, 1.54) is 7.11 Å². The number of hydrogen-bond donors (Lipinski definition) is 0. The van der Waals surface area contributed by atoms with Crippen molar-refractivity contribution in [1.82, 2.24) is 0 Å². The molecule has 0 radical (unpaired) electrons. The normalized spacial score (nSPS) is 10.8. The molecule has 0 aliphatic rings. The van der Waals surface area contributed by atoms with Crippen LogP contribution in [-0.2, 0) is 0 Å². The van der Waals surface area contributed by atoms with Gasteiger partial charge in [-0.25, -0.2) is 0 Å². The Kier molecular flexibility index (Phi) is 6.59. The molecule has 0 aliphatic heterocycles. The van der Waals surface area contributed by atoms with Gasteiger partial charge in [0.25, 0.3) is 0 Å². The van der Waals surface area contributed by atoms with Gasteiger partial charge in [-0.15, -0.1) is 0 Å². The summed E-state index contributed by atoms with van der Waals surface area (Å²) < 4.78 is 41.7. The second kappa shape index (κ2) is 6.14. The van der Waals surface area contributed by atoms with Gasteiger partial charge < -0.3 is 17.7 Å². The van der Waals surface area contributed by atoms with Crippen LogP contribution in [0.3, 0.4) is 0 Å². The SMILES string of the molecule is COc1cc(Cl)c([B-](F)(F)F)cc1Cl.[K+]. The molecule has 0 N–H and O–H groups in total. The minimum absolute atomic E-state index is 0. The molecule has 78 valence electrons. The van der Waals surface area contributed by atoms with E-state index in [1.807, 2.05) is 0 Å². The van der Waals surface area contributed by atoms with Gasteiger partial charge in [-0.3, -0.25) is 0 Å². The van der Waals surface area contributed by atoms with Crippen molar-refractivity contribution >= 4 is 35.6 Å². The Hall–Kier alpha value is 1.09. The van der Waals surface area contributed by atoms with Crippen molar-refractivity contribution < 1.29 is 69.1 Å². The third-order valence-electron chi connectivity index (χ3n) is 1.62. The fourth-order valence-corrected chi connectivity index (χ4v) is 1.48. The Bertz CT molecular complexity index is 359. The van der Waals surface area contributed by atoms with Gasteiger partial charge in [-0.1, -0.05) is 34.7 Å². The molecule has 1 aromatic rings. The van der Waals surface area contributed by atoms with E-state index in [0.29, 0.717) is 0 Å². The molecule has 0 bridgehead atoms. The summed E-state index contributed by atoms with van der Waals surface area (Å²) in [5.74, 6) is 0.125. The summed E-state index contributed by atoms with van der Waals surface area (Å²) >= 11 is 11.0.